The van der Waals surface area contributed by atoms with E-state index in [0.717, 1.165) is 16.7 Å². The minimum Gasteiger partial charge on any atom is -0.497 e. The van der Waals surface area contributed by atoms with Crippen LogP contribution in [-0.4, -0.2) is 43.9 Å². The fourth-order valence-electron chi connectivity index (χ4n) is 5.71. The van der Waals surface area contributed by atoms with E-state index in [-0.39, 0.29) is 17.1 Å². The Kier molecular flexibility index (Phi) is 9.90. The average molecular weight is 558 g/mol. The molecule has 1 aliphatic carbocycles. The minimum atomic E-state index is -1.08. The number of ether oxygens (including phenoxy) is 3. The topological polar surface area (TPSA) is 105 Å². The molecule has 1 saturated carbocycles. The van der Waals surface area contributed by atoms with E-state index in [0.29, 0.717) is 36.5 Å². The van der Waals surface area contributed by atoms with Crippen molar-refractivity contribution in [2.75, 3.05) is 21.3 Å². The van der Waals surface area contributed by atoms with Crippen LogP contribution in [0, 0.1) is 27.9 Å². The molecule has 0 bridgehead atoms. The molecule has 0 amide bonds. The first-order valence-corrected chi connectivity index (χ1v) is 13.6. The fraction of sp³-hybridized carbons (Fsp3) is 0.333. The summed E-state index contributed by atoms with van der Waals surface area (Å²) in [4.78, 5) is 39.4. The van der Waals surface area contributed by atoms with Crippen molar-refractivity contribution in [3.8, 4) is 17.2 Å². The van der Waals surface area contributed by atoms with Gasteiger partial charge in [0.25, 0.3) is 0 Å². The van der Waals surface area contributed by atoms with Gasteiger partial charge in [-0.1, -0.05) is 42.5 Å². The van der Waals surface area contributed by atoms with Gasteiger partial charge in [-0.05, 0) is 78.4 Å². The van der Waals surface area contributed by atoms with Crippen molar-refractivity contribution < 1.29 is 28.7 Å². The molecule has 1 aliphatic rings. The predicted molar refractivity (Wildman–Crippen MR) is 156 cm³/mol. The highest BCUT2D eigenvalue weighted by Crippen LogP contribution is 2.39. The van der Waals surface area contributed by atoms with E-state index in [1.807, 2.05) is 36.4 Å². The van der Waals surface area contributed by atoms with Gasteiger partial charge in [-0.2, -0.15) is 0 Å². The summed E-state index contributed by atoms with van der Waals surface area (Å²) in [6, 6.07) is 20.9. The van der Waals surface area contributed by atoms with E-state index in [9.17, 15) is 19.7 Å². The Bertz CT molecular complexity index is 1360. The number of methoxy groups -OCH3 is 3. The van der Waals surface area contributed by atoms with Gasteiger partial charge < -0.3 is 14.2 Å². The van der Waals surface area contributed by atoms with E-state index < -0.39 is 29.6 Å². The maximum absolute atomic E-state index is 13.6. The number of hydrogen-bond donors (Lipinski definition) is 0. The van der Waals surface area contributed by atoms with E-state index in [2.05, 4.69) is 0 Å². The normalized spacial score (nSPS) is 20.5. The Morgan fingerprint density at radius 1 is 0.854 bits per heavy atom. The molecule has 3 aromatic carbocycles. The molecule has 41 heavy (non-hydrogen) atoms. The lowest BCUT2D eigenvalue weighted by molar-refractivity contribution is -0.545. The molecule has 8 nitrogen and oxygen atoms in total. The lowest BCUT2D eigenvalue weighted by atomic mass is 9.65. The maximum Gasteiger partial charge on any atom is 0.220 e. The molecule has 8 heteroatoms. The molecule has 0 spiro atoms. The Morgan fingerprint density at radius 3 is 1.88 bits per heavy atom. The summed E-state index contributed by atoms with van der Waals surface area (Å²) in [6.45, 7) is 0. The Labute approximate surface area is 240 Å². The van der Waals surface area contributed by atoms with Crippen molar-refractivity contribution in [2.45, 2.75) is 31.7 Å². The van der Waals surface area contributed by atoms with Crippen LogP contribution >= 0.6 is 0 Å². The molecule has 1 fully saturated rings. The first kappa shape index (κ1) is 29.5. The smallest absolute Gasteiger partial charge is 0.220 e. The standard InChI is InChI=1S/C33H35NO7/c1-39-26-12-4-22(5-13-26)10-18-29-32(30(35)19-11-23-6-14-27(40-2)15-7-23)31(36)21-25(33(29)34(37)38)20-24-8-16-28(41-3)17-9-24/h4-9,11-17,19,25,29,32-33H,10,18,20-21H2,1-3H3/b19-11+. The van der Waals surface area contributed by atoms with Crippen molar-refractivity contribution in [2.24, 2.45) is 17.8 Å². The van der Waals surface area contributed by atoms with Crippen LogP contribution in [0.1, 0.15) is 29.5 Å². The molecule has 0 aromatic heterocycles. The van der Waals surface area contributed by atoms with Crippen LogP contribution in [0.2, 0.25) is 0 Å². The van der Waals surface area contributed by atoms with Crippen molar-refractivity contribution >= 4 is 17.6 Å². The van der Waals surface area contributed by atoms with Gasteiger partial charge in [-0.15, -0.1) is 0 Å². The van der Waals surface area contributed by atoms with Gasteiger partial charge in [0.2, 0.25) is 6.04 Å². The number of allylic oxidation sites excluding steroid dienone is 1. The van der Waals surface area contributed by atoms with Crippen molar-refractivity contribution in [1.82, 2.24) is 0 Å². The number of rotatable bonds is 12. The Hall–Kier alpha value is -4.46. The molecule has 4 atom stereocenters. The summed E-state index contributed by atoms with van der Waals surface area (Å²) >= 11 is 0. The Morgan fingerprint density at radius 2 is 1.37 bits per heavy atom. The van der Waals surface area contributed by atoms with E-state index in [1.165, 1.54) is 6.08 Å². The zero-order valence-corrected chi connectivity index (χ0v) is 23.5. The monoisotopic (exact) mass is 557 g/mol. The van der Waals surface area contributed by atoms with E-state index in [1.54, 1.807) is 63.8 Å². The molecule has 0 N–H and O–H groups in total. The number of aryl methyl sites for hydroxylation is 1. The Balaban J connectivity index is 1.62. The van der Waals surface area contributed by atoms with Gasteiger partial charge in [0.1, 0.15) is 23.0 Å². The second-order valence-corrected chi connectivity index (χ2v) is 10.3. The van der Waals surface area contributed by atoms with Gasteiger partial charge in [0.05, 0.1) is 27.2 Å². The van der Waals surface area contributed by atoms with Gasteiger partial charge in [0, 0.05) is 23.2 Å². The quantitative estimate of drug-likeness (QED) is 0.123. The molecule has 4 unspecified atom stereocenters. The largest absolute Gasteiger partial charge is 0.497 e. The van der Waals surface area contributed by atoms with Crippen LogP contribution in [0.25, 0.3) is 6.08 Å². The van der Waals surface area contributed by atoms with Crippen LogP contribution in [0.15, 0.2) is 78.9 Å². The van der Waals surface area contributed by atoms with Crippen molar-refractivity contribution in [1.29, 1.82) is 0 Å². The van der Waals surface area contributed by atoms with Crippen molar-refractivity contribution in [3.05, 3.63) is 106 Å². The summed E-state index contributed by atoms with van der Waals surface area (Å²) in [5, 5.41) is 12.6. The summed E-state index contributed by atoms with van der Waals surface area (Å²) in [5.41, 5.74) is 2.60. The van der Waals surface area contributed by atoms with Gasteiger partial charge >= 0.3 is 0 Å². The fourth-order valence-corrected chi connectivity index (χ4v) is 5.71. The number of hydrogen-bond acceptors (Lipinski definition) is 7. The van der Waals surface area contributed by atoms with Crippen LogP contribution < -0.4 is 14.2 Å². The number of ketones is 2. The maximum atomic E-state index is 13.6. The van der Waals surface area contributed by atoms with Gasteiger partial charge in [0.15, 0.2) is 5.78 Å². The summed E-state index contributed by atoms with van der Waals surface area (Å²) < 4.78 is 15.6. The van der Waals surface area contributed by atoms with Crippen LogP contribution in [0.3, 0.4) is 0 Å². The molecular weight excluding hydrogens is 522 g/mol. The van der Waals surface area contributed by atoms with Gasteiger partial charge in [-0.3, -0.25) is 19.7 Å². The highest BCUT2D eigenvalue weighted by Gasteiger charge is 2.52. The van der Waals surface area contributed by atoms with Crippen LogP contribution in [-0.2, 0) is 22.4 Å². The number of nitrogens with zero attached hydrogens (tertiary/aromatic N) is 1. The molecule has 214 valence electrons. The number of carbonyl (C=O) groups is 2. The molecule has 0 radical (unpaired) electrons. The molecule has 0 aliphatic heterocycles. The zero-order chi connectivity index (χ0) is 29.4. The number of Topliss-reactive ketones (excluding diaryl/α,β-unsaturated/α-hetero) is 1. The summed E-state index contributed by atoms with van der Waals surface area (Å²) in [6.07, 6.45) is 4.18. The van der Waals surface area contributed by atoms with Gasteiger partial charge in [-0.25, -0.2) is 0 Å². The van der Waals surface area contributed by atoms with E-state index >= 15 is 0 Å². The van der Waals surface area contributed by atoms with Crippen LogP contribution in [0.5, 0.6) is 17.2 Å². The SMILES string of the molecule is COc1ccc(/C=C/C(=O)C2C(=O)CC(Cc3ccc(OC)cc3)C([N+](=O)[O-])C2CCc2ccc(OC)cc2)cc1. The second-order valence-electron chi connectivity index (χ2n) is 10.3. The van der Waals surface area contributed by atoms with Crippen LogP contribution in [0.4, 0.5) is 0 Å². The average Bonchev–Trinajstić information content (AvgIpc) is 2.99. The van der Waals surface area contributed by atoms with E-state index in [4.69, 9.17) is 14.2 Å². The predicted octanol–water partition coefficient (Wildman–Crippen LogP) is 5.64. The molecule has 0 saturated heterocycles. The first-order valence-electron chi connectivity index (χ1n) is 13.6. The molecule has 4 rings (SSSR count). The summed E-state index contributed by atoms with van der Waals surface area (Å²) in [5.74, 6) is -0.916. The second kappa shape index (κ2) is 13.7. The zero-order valence-electron chi connectivity index (χ0n) is 23.5. The minimum absolute atomic E-state index is 0.0243. The third kappa shape index (κ3) is 7.39. The number of benzene rings is 3. The molecular formula is C33H35NO7. The molecule has 3 aromatic rings. The number of carbonyl (C=O) groups excluding carboxylic acids is 2. The molecule has 0 heterocycles. The first-order chi connectivity index (χ1) is 19.8. The highest BCUT2D eigenvalue weighted by atomic mass is 16.6. The lowest BCUT2D eigenvalue weighted by Gasteiger charge is -2.36. The van der Waals surface area contributed by atoms with Crippen molar-refractivity contribution in [3.63, 3.8) is 0 Å². The number of nitro groups is 1. The lowest BCUT2D eigenvalue weighted by Crippen LogP contribution is -2.51. The third-order valence-electron chi connectivity index (χ3n) is 7.85. The summed E-state index contributed by atoms with van der Waals surface area (Å²) in [7, 11) is 4.73. The highest BCUT2D eigenvalue weighted by molar-refractivity contribution is 6.09. The third-order valence-corrected chi connectivity index (χ3v) is 7.85.